The maximum Gasteiger partial charge on any atom is 0.0461 e. The molecule has 1 rings (SSSR count). The summed E-state index contributed by atoms with van der Waals surface area (Å²) in [6, 6.07) is 6.66. The van der Waals surface area contributed by atoms with E-state index in [1.165, 1.54) is 18.4 Å². The maximum atomic E-state index is 5.87. The van der Waals surface area contributed by atoms with Crippen LogP contribution in [0.3, 0.4) is 0 Å². The third kappa shape index (κ3) is 3.49. The highest BCUT2D eigenvalue weighted by Crippen LogP contribution is 2.25. The summed E-state index contributed by atoms with van der Waals surface area (Å²) in [4.78, 5) is 2.36. The van der Waals surface area contributed by atoms with E-state index in [0.717, 1.165) is 16.7 Å². The Balaban J connectivity index is 2.69. The number of rotatable bonds is 5. The first-order chi connectivity index (χ1) is 7.56. The van der Waals surface area contributed by atoms with Crippen LogP contribution in [0.15, 0.2) is 22.7 Å². The standard InChI is InChI=1S/C13H21BrN2/c1-4-6-10(2)16(3)9-11-7-5-8-12(15)13(11)14/h5,7-8,10H,4,6,9,15H2,1-3H3. The molecule has 1 aromatic rings. The SMILES string of the molecule is CCCC(C)N(C)Cc1cccc(N)c1Br. The minimum Gasteiger partial charge on any atom is -0.398 e. The zero-order valence-corrected chi connectivity index (χ0v) is 11.9. The average molecular weight is 285 g/mol. The number of benzene rings is 1. The van der Waals surface area contributed by atoms with Crippen molar-refractivity contribution in [3.8, 4) is 0 Å². The van der Waals surface area contributed by atoms with Gasteiger partial charge in [-0.1, -0.05) is 25.5 Å². The smallest absolute Gasteiger partial charge is 0.0461 e. The quantitative estimate of drug-likeness (QED) is 0.837. The Kier molecular flexibility index (Phi) is 5.29. The van der Waals surface area contributed by atoms with Crippen LogP contribution in [-0.4, -0.2) is 18.0 Å². The van der Waals surface area contributed by atoms with Gasteiger partial charge in [0.2, 0.25) is 0 Å². The molecule has 0 aliphatic carbocycles. The van der Waals surface area contributed by atoms with E-state index in [1.54, 1.807) is 0 Å². The Bertz CT molecular complexity index is 339. The first-order valence-electron chi connectivity index (χ1n) is 5.79. The molecule has 0 amide bonds. The molecule has 0 aliphatic heterocycles. The second-order valence-electron chi connectivity index (χ2n) is 4.37. The second-order valence-corrected chi connectivity index (χ2v) is 5.17. The molecule has 16 heavy (non-hydrogen) atoms. The highest BCUT2D eigenvalue weighted by molar-refractivity contribution is 9.10. The summed E-state index contributed by atoms with van der Waals surface area (Å²) in [5.41, 5.74) is 7.93. The van der Waals surface area contributed by atoms with E-state index in [-0.39, 0.29) is 0 Å². The fourth-order valence-corrected chi connectivity index (χ4v) is 2.17. The third-order valence-electron chi connectivity index (χ3n) is 2.99. The fourth-order valence-electron chi connectivity index (χ4n) is 1.78. The van der Waals surface area contributed by atoms with E-state index in [9.17, 15) is 0 Å². The average Bonchev–Trinajstić information content (AvgIpc) is 2.25. The van der Waals surface area contributed by atoms with Crippen LogP contribution < -0.4 is 5.73 Å². The van der Waals surface area contributed by atoms with Crippen molar-refractivity contribution >= 4 is 21.6 Å². The predicted molar refractivity (Wildman–Crippen MR) is 74.4 cm³/mol. The van der Waals surface area contributed by atoms with E-state index in [2.05, 4.69) is 47.8 Å². The molecule has 0 saturated heterocycles. The van der Waals surface area contributed by atoms with Gasteiger partial charge in [0.25, 0.3) is 0 Å². The molecule has 0 spiro atoms. The molecule has 3 heteroatoms. The lowest BCUT2D eigenvalue weighted by atomic mass is 10.1. The predicted octanol–water partition coefficient (Wildman–Crippen LogP) is 3.65. The van der Waals surface area contributed by atoms with Gasteiger partial charge >= 0.3 is 0 Å². The Morgan fingerprint density at radius 3 is 2.75 bits per heavy atom. The lowest BCUT2D eigenvalue weighted by molar-refractivity contribution is 0.236. The Morgan fingerprint density at radius 1 is 1.44 bits per heavy atom. The zero-order valence-electron chi connectivity index (χ0n) is 10.3. The van der Waals surface area contributed by atoms with Crippen LogP contribution in [0.4, 0.5) is 5.69 Å². The fraction of sp³-hybridized carbons (Fsp3) is 0.538. The molecular formula is C13H21BrN2. The monoisotopic (exact) mass is 284 g/mol. The van der Waals surface area contributed by atoms with Crippen molar-refractivity contribution < 1.29 is 0 Å². The van der Waals surface area contributed by atoms with Gasteiger partial charge in [0, 0.05) is 22.7 Å². The molecule has 0 heterocycles. The van der Waals surface area contributed by atoms with Gasteiger partial charge < -0.3 is 5.73 Å². The molecule has 0 aromatic heterocycles. The van der Waals surface area contributed by atoms with Gasteiger partial charge in [-0.05, 0) is 48.0 Å². The van der Waals surface area contributed by atoms with E-state index < -0.39 is 0 Å². The topological polar surface area (TPSA) is 29.3 Å². The van der Waals surface area contributed by atoms with E-state index in [1.807, 2.05) is 12.1 Å². The normalized spacial score (nSPS) is 13.1. The van der Waals surface area contributed by atoms with E-state index in [4.69, 9.17) is 5.73 Å². The van der Waals surface area contributed by atoms with Gasteiger partial charge in [0.15, 0.2) is 0 Å². The molecule has 2 nitrogen and oxygen atoms in total. The molecular weight excluding hydrogens is 264 g/mol. The van der Waals surface area contributed by atoms with Crippen molar-refractivity contribution in [3.05, 3.63) is 28.2 Å². The van der Waals surface area contributed by atoms with Crippen LogP contribution in [0.1, 0.15) is 32.3 Å². The van der Waals surface area contributed by atoms with Crippen molar-refractivity contribution in [2.45, 2.75) is 39.3 Å². The Hall–Kier alpha value is -0.540. The van der Waals surface area contributed by atoms with Gasteiger partial charge in [0.1, 0.15) is 0 Å². The second kappa shape index (κ2) is 6.26. The number of nitrogens with two attached hydrogens (primary N) is 1. The molecule has 0 aliphatic rings. The van der Waals surface area contributed by atoms with Gasteiger partial charge in [-0.2, -0.15) is 0 Å². The van der Waals surface area contributed by atoms with Crippen molar-refractivity contribution in [2.75, 3.05) is 12.8 Å². The highest BCUT2D eigenvalue weighted by Gasteiger charge is 2.11. The third-order valence-corrected chi connectivity index (χ3v) is 3.95. The van der Waals surface area contributed by atoms with Crippen LogP contribution in [-0.2, 0) is 6.54 Å². The van der Waals surface area contributed by atoms with Crippen molar-refractivity contribution in [1.82, 2.24) is 4.90 Å². The molecule has 0 bridgehead atoms. The molecule has 0 fully saturated rings. The zero-order chi connectivity index (χ0) is 12.1. The van der Waals surface area contributed by atoms with Crippen molar-refractivity contribution in [3.63, 3.8) is 0 Å². The summed E-state index contributed by atoms with van der Waals surface area (Å²) in [5.74, 6) is 0. The summed E-state index contributed by atoms with van der Waals surface area (Å²) in [5, 5.41) is 0. The van der Waals surface area contributed by atoms with Gasteiger partial charge in [0.05, 0.1) is 0 Å². The van der Waals surface area contributed by atoms with Crippen LogP contribution in [0.5, 0.6) is 0 Å². The molecule has 0 radical (unpaired) electrons. The number of anilines is 1. The van der Waals surface area contributed by atoms with Gasteiger partial charge in [-0.15, -0.1) is 0 Å². The van der Waals surface area contributed by atoms with Gasteiger partial charge in [-0.25, -0.2) is 0 Å². The molecule has 1 unspecified atom stereocenters. The number of halogens is 1. The first-order valence-corrected chi connectivity index (χ1v) is 6.58. The van der Waals surface area contributed by atoms with Crippen LogP contribution in [0.25, 0.3) is 0 Å². The summed E-state index contributed by atoms with van der Waals surface area (Å²) in [7, 11) is 2.16. The minimum atomic E-state index is 0.610. The highest BCUT2D eigenvalue weighted by atomic mass is 79.9. The van der Waals surface area contributed by atoms with E-state index in [0.29, 0.717) is 6.04 Å². The Labute approximate surface area is 107 Å². The lowest BCUT2D eigenvalue weighted by Gasteiger charge is -2.25. The number of nitrogen functional groups attached to an aromatic ring is 1. The summed E-state index contributed by atoms with van der Waals surface area (Å²) < 4.78 is 1.03. The Morgan fingerprint density at radius 2 is 2.12 bits per heavy atom. The summed E-state index contributed by atoms with van der Waals surface area (Å²) in [6.07, 6.45) is 2.46. The van der Waals surface area contributed by atoms with E-state index >= 15 is 0 Å². The summed E-state index contributed by atoms with van der Waals surface area (Å²) in [6.45, 7) is 5.43. The minimum absolute atomic E-state index is 0.610. The number of hydrogen-bond donors (Lipinski definition) is 1. The van der Waals surface area contributed by atoms with Crippen molar-refractivity contribution in [2.24, 2.45) is 0 Å². The van der Waals surface area contributed by atoms with Crippen molar-refractivity contribution in [1.29, 1.82) is 0 Å². The molecule has 2 N–H and O–H groups in total. The summed E-state index contributed by atoms with van der Waals surface area (Å²) >= 11 is 3.55. The first kappa shape index (κ1) is 13.5. The molecule has 1 atom stereocenters. The molecule has 90 valence electrons. The van der Waals surface area contributed by atoms with Gasteiger partial charge in [-0.3, -0.25) is 4.90 Å². The maximum absolute atomic E-state index is 5.87. The van der Waals surface area contributed by atoms with Crippen LogP contribution in [0.2, 0.25) is 0 Å². The van der Waals surface area contributed by atoms with Crippen LogP contribution >= 0.6 is 15.9 Å². The largest absolute Gasteiger partial charge is 0.398 e. The molecule has 1 aromatic carbocycles. The molecule has 0 saturated carbocycles. The number of hydrogen-bond acceptors (Lipinski definition) is 2. The number of nitrogens with zero attached hydrogens (tertiary/aromatic N) is 1. The van der Waals surface area contributed by atoms with Crippen LogP contribution in [0, 0.1) is 0 Å². The lowest BCUT2D eigenvalue weighted by Crippen LogP contribution is -2.28.